The average molecular weight is 183 g/mol. The van der Waals surface area contributed by atoms with Gasteiger partial charge in [0.05, 0.1) is 0 Å². The van der Waals surface area contributed by atoms with Gasteiger partial charge in [-0.3, -0.25) is 5.41 Å². The normalized spacial score (nSPS) is 13.2. The fraction of sp³-hybridized carbons (Fsp3) is 0.750. The highest BCUT2D eigenvalue weighted by Gasteiger charge is 2.22. The Hall–Kier alpha value is -1.26. The summed E-state index contributed by atoms with van der Waals surface area (Å²) in [6, 6.07) is 0. The minimum Gasteiger partial charge on any atom is -0.386 e. The van der Waals surface area contributed by atoms with Gasteiger partial charge in [-0.15, -0.1) is 0 Å². The zero-order valence-electron chi connectivity index (χ0n) is 8.55. The number of nitrogens with one attached hydrogen (secondary N) is 2. The largest absolute Gasteiger partial charge is 0.386 e. The third-order valence-corrected chi connectivity index (χ3v) is 1.57. The van der Waals surface area contributed by atoms with Crippen LogP contribution in [0.1, 0.15) is 27.7 Å². The molecular formula is C8H17N5. The molecule has 0 aliphatic rings. The van der Waals surface area contributed by atoms with E-state index in [9.17, 15) is 0 Å². The van der Waals surface area contributed by atoms with Crippen LogP contribution in [0.4, 0.5) is 0 Å². The van der Waals surface area contributed by atoms with Crippen molar-refractivity contribution in [2.24, 2.45) is 16.0 Å². The molecule has 0 aliphatic carbocycles. The van der Waals surface area contributed by atoms with E-state index in [0.29, 0.717) is 0 Å². The van der Waals surface area contributed by atoms with Gasteiger partial charge in [0, 0.05) is 6.21 Å². The van der Waals surface area contributed by atoms with Gasteiger partial charge in [-0.25, -0.2) is 0 Å². The third kappa shape index (κ3) is 3.78. The van der Waals surface area contributed by atoms with Gasteiger partial charge in [0.1, 0.15) is 16.9 Å². The Morgan fingerprint density at radius 2 is 1.69 bits per heavy atom. The summed E-state index contributed by atoms with van der Waals surface area (Å²) in [5, 5.41) is 22.1. The summed E-state index contributed by atoms with van der Waals surface area (Å²) in [5.41, 5.74) is 3.92. The number of hydrogen-bond donors (Lipinski definition) is 3. The Labute approximate surface area is 78.5 Å². The van der Waals surface area contributed by atoms with Crippen LogP contribution in [0.2, 0.25) is 0 Å². The van der Waals surface area contributed by atoms with E-state index in [4.69, 9.17) is 16.6 Å². The van der Waals surface area contributed by atoms with Gasteiger partial charge in [-0.1, -0.05) is 0 Å². The van der Waals surface area contributed by atoms with Crippen molar-refractivity contribution in [3.63, 3.8) is 0 Å². The number of nitrogens with two attached hydrogens (primary N) is 1. The molecule has 0 unspecified atom stereocenters. The van der Waals surface area contributed by atoms with E-state index < -0.39 is 11.1 Å². The first-order valence-electron chi connectivity index (χ1n) is 4.01. The highest BCUT2D eigenvalue weighted by Crippen LogP contribution is 2.13. The van der Waals surface area contributed by atoms with Gasteiger partial charge in [0.25, 0.3) is 0 Å². The fourth-order valence-corrected chi connectivity index (χ4v) is 0.337. The zero-order chi connectivity index (χ0) is 10.7. The molecule has 0 aliphatic heterocycles. The van der Waals surface area contributed by atoms with Crippen molar-refractivity contribution in [2.45, 2.75) is 38.8 Å². The first-order valence-corrected chi connectivity index (χ1v) is 4.01. The maximum Gasteiger partial charge on any atom is 0.132 e. The Kier molecular flexibility index (Phi) is 3.28. The molecule has 4 N–H and O–H groups in total. The molecular weight excluding hydrogens is 166 g/mol. The highest BCUT2D eigenvalue weighted by atomic mass is 15.2. The van der Waals surface area contributed by atoms with Gasteiger partial charge in [-0.2, -0.15) is 10.2 Å². The summed E-state index contributed by atoms with van der Waals surface area (Å²) in [6.45, 7) is 6.94. The monoisotopic (exact) mass is 183 g/mol. The van der Waals surface area contributed by atoms with Crippen molar-refractivity contribution >= 4 is 12.1 Å². The van der Waals surface area contributed by atoms with E-state index in [1.54, 1.807) is 27.7 Å². The predicted molar refractivity (Wildman–Crippen MR) is 53.7 cm³/mol. The summed E-state index contributed by atoms with van der Waals surface area (Å²) in [6.07, 6.45) is 1.20. The molecule has 0 aromatic carbocycles. The highest BCUT2D eigenvalue weighted by molar-refractivity contribution is 5.86. The molecule has 5 heteroatoms. The lowest BCUT2D eigenvalue weighted by Gasteiger charge is -2.18. The zero-order valence-corrected chi connectivity index (χ0v) is 8.55. The number of azo groups is 1. The Morgan fingerprint density at radius 1 is 1.23 bits per heavy atom. The van der Waals surface area contributed by atoms with Crippen molar-refractivity contribution in [3.8, 4) is 0 Å². The molecule has 74 valence electrons. The van der Waals surface area contributed by atoms with Crippen LogP contribution in [0.15, 0.2) is 10.2 Å². The summed E-state index contributed by atoms with van der Waals surface area (Å²) < 4.78 is 0. The van der Waals surface area contributed by atoms with Crippen molar-refractivity contribution in [2.75, 3.05) is 0 Å². The second kappa shape index (κ2) is 3.64. The van der Waals surface area contributed by atoms with Crippen LogP contribution in [0.3, 0.4) is 0 Å². The summed E-state index contributed by atoms with van der Waals surface area (Å²) >= 11 is 0. The van der Waals surface area contributed by atoms with Crippen LogP contribution in [-0.2, 0) is 0 Å². The van der Waals surface area contributed by atoms with Crippen molar-refractivity contribution in [3.05, 3.63) is 0 Å². The number of amidine groups is 1. The van der Waals surface area contributed by atoms with Crippen LogP contribution in [0.5, 0.6) is 0 Å². The minimum atomic E-state index is -0.777. The van der Waals surface area contributed by atoms with Crippen LogP contribution in [-0.4, -0.2) is 23.1 Å². The maximum absolute atomic E-state index is 7.23. The molecule has 0 atom stereocenters. The van der Waals surface area contributed by atoms with Crippen molar-refractivity contribution in [1.29, 1.82) is 10.8 Å². The van der Waals surface area contributed by atoms with E-state index >= 15 is 0 Å². The molecule has 5 nitrogen and oxygen atoms in total. The van der Waals surface area contributed by atoms with Gasteiger partial charge in [0.15, 0.2) is 0 Å². The topological polar surface area (TPSA) is 98.4 Å². The molecule has 0 amide bonds. The molecule has 0 bridgehead atoms. The number of hydrogen-bond acceptors (Lipinski definition) is 4. The molecule has 0 heterocycles. The second-order valence-corrected chi connectivity index (χ2v) is 3.97. The SMILES string of the molecule is CC(C)(C=N)N=NC(C)(C)C(=N)N. The summed E-state index contributed by atoms with van der Waals surface area (Å²) in [5.74, 6) is -0.0305. The van der Waals surface area contributed by atoms with Gasteiger partial charge in [-0.05, 0) is 27.7 Å². The van der Waals surface area contributed by atoms with E-state index in [0.717, 1.165) is 0 Å². The molecule has 13 heavy (non-hydrogen) atoms. The fourth-order valence-electron chi connectivity index (χ4n) is 0.337. The van der Waals surface area contributed by atoms with Gasteiger partial charge in [0.2, 0.25) is 0 Å². The predicted octanol–water partition coefficient (Wildman–Crippen LogP) is 1.58. The number of rotatable bonds is 4. The Morgan fingerprint density at radius 3 is 2.00 bits per heavy atom. The molecule has 0 spiro atoms. The van der Waals surface area contributed by atoms with E-state index in [-0.39, 0.29) is 5.84 Å². The standard InChI is InChI=1S/C8H17N5/c1-7(2,5-9)12-13-8(3,4)6(10)11/h5,9H,1-4H3,(H3,10,11). The summed E-state index contributed by atoms with van der Waals surface area (Å²) in [4.78, 5) is 0. The third-order valence-electron chi connectivity index (χ3n) is 1.57. The maximum atomic E-state index is 7.23. The summed E-state index contributed by atoms with van der Waals surface area (Å²) in [7, 11) is 0. The molecule has 0 aromatic rings. The van der Waals surface area contributed by atoms with E-state index in [1.807, 2.05) is 0 Å². The van der Waals surface area contributed by atoms with Gasteiger partial charge >= 0.3 is 0 Å². The smallest absolute Gasteiger partial charge is 0.132 e. The van der Waals surface area contributed by atoms with E-state index in [2.05, 4.69) is 10.2 Å². The first kappa shape index (κ1) is 11.7. The van der Waals surface area contributed by atoms with Crippen LogP contribution >= 0.6 is 0 Å². The molecule has 0 rings (SSSR count). The lowest BCUT2D eigenvalue weighted by Crippen LogP contribution is -2.36. The Balaban J connectivity index is 4.61. The minimum absolute atomic E-state index is 0.0305. The molecule has 0 aromatic heterocycles. The van der Waals surface area contributed by atoms with Crippen LogP contribution in [0.25, 0.3) is 0 Å². The Bertz CT molecular complexity index is 239. The van der Waals surface area contributed by atoms with Crippen LogP contribution in [0, 0.1) is 10.8 Å². The number of nitrogens with zero attached hydrogens (tertiary/aromatic N) is 2. The molecule has 0 fully saturated rings. The van der Waals surface area contributed by atoms with Crippen LogP contribution < -0.4 is 5.73 Å². The molecule has 0 saturated heterocycles. The molecule has 0 radical (unpaired) electrons. The van der Waals surface area contributed by atoms with Crippen molar-refractivity contribution < 1.29 is 0 Å². The average Bonchev–Trinajstić information content (AvgIpc) is 2.01. The van der Waals surface area contributed by atoms with Gasteiger partial charge < -0.3 is 11.1 Å². The molecule has 0 saturated carbocycles. The quantitative estimate of drug-likeness (QED) is 0.344. The van der Waals surface area contributed by atoms with E-state index in [1.165, 1.54) is 6.21 Å². The second-order valence-electron chi connectivity index (χ2n) is 3.97. The van der Waals surface area contributed by atoms with Crippen molar-refractivity contribution in [1.82, 2.24) is 0 Å². The first-order chi connectivity index (χ1) is 5.71. The lowest BCUT2D eigenvalue weighted by molar-refractivity contribution is 0.565. The lowest BCUT2D eigenvalue weighted by atomic mass is 10.1.